The minimum Gasteiger partial charge on any atom is -0.445 e. The minimum atomic E-state index is -0.412. The highest BCUT2D eigenvalue weighted by molar-refractivity contribution is 6.31. The molecule has 144 valence electrons. The monoisotopic (exact) mass is 387 g/mol. The van der Waals surface area contributed by atoms with Crippen molar-refractivity contribution in [2.45, 2.75) is 12.6 Å². The van der Waals surface area contributed by atoms with Crippen LogP contribution in [0.1, 0.15) is 17.2 Å². The first kappa shape index (κ1) is 19.7. The summed E-state index contributed by atoms with van der Waals surface area (Å²) in [7, 11) is 2.13. The zero-order valence-electron chi connectivity index (χ0n) is 15.6. The van der Waals surface area contributed by atoms with Gasteiger partial charge in [-0.2, -0.15) is 0 Å². The van der Waals surface area contributed by atoms with Crippen LogP contribution in [0, 0.1) is 0 Å². The quantitative estimate of drug-likeness (QED) is 0.823. The number of halogens is 1. The van der Waals surface area contributed by atoms with Crippen molar-refractivity contribution in [2.24, 2.45) is 0 Å². The van der Waals surface area contributed by atoms with Gasteiger partial charge in [0.2, 0.25) is 0 Å². The van der Waals surface area contributed by atoms with Crippen LogP contribution in [0.4, 0.5) is 4.79 Å². The number of rotatable bonds is 6. The fourth-order valence-corrected chi connectivity index (χ4v) is 3.53. The molecular formula is C21H26ClN3O2. The Hall–Kier alpha value is -2.08. The van der Waals surface area contributed by atoms with Gasteiger partial charge < -0.3 is 15.0 Å². The molecule has 27 heavy (non-hydrogen) atoms. The topological polar surface area (TPSA) is 44.8 Å². The second-order valence-corrected chi connectivity index (χ2v) is 7.23. The molecule has 1 aliphatic rings. The summed E-state index contributed by atoms with van der Waals surface area (Å²) in [6, 6.07) is 17.5. The molecule has 6 heteroatoms. The second-order valence-electron chi connectivity index (χ2n) is 6.82. The van der Waals surface area contributed by atoms with Gasteiger partial charge in [-0.1, -0.05) is 60.1 Å². The molecule has 1 N–H and O–H groups in total. The van der Waals surface area contributed by atoms with Crippen LogP contribution in [0.25, 0.3) is 0 Å². The summed E-state index contributed by atoms with van der Waals surface area (Å²) in [6.45, 7) is 4.60. The highest BCUT2D eigenvalue weighted by Gasteiger charge is 2.26. The van der Waals surface area contributed by atoms with Gasteiger partial charge in [0.05, 0.1) is 6.04 Å². The average Bonchev–Trinajstić information content (AvgIpc) is 2.70. The lowest BCUT2D eigenvalue weighted by Gasteiger charge is -2.38. The van der Waals surface area contributed by atoms with E-state index in [1.807, 2.05) is 54.6 Å². The van der Waals surface area contributed by atoms with Gasteiger partial charge in [0.1, 0.15) is 6.61 Å². The number of carbonyl (C=O) groups excluding carboxylic acids is 1. The predicted octanol–water partition coefficient (Wildman–Crippen LogP) is 3.55. The number of hydrogen-bond donors (Lipinski definition) is 1. The maximum atomic E-state index is 12.2. The number of nitrogens with one attached hydrogen (secondary N) is 1. The van der Waals surface area contributed by atoms with Gasteiger partial charge in [0.15, 0.2) is 0 Å². The predicted molar refractivity (Wildman–Crippen MR) is 108 cm³/mol. The number of amides is 1. The van der Waals surface area contributed by atoms with Crippen LogP contribution in [0.3, 0.4) is 0 Å². The van der Waals surface area contributed by atoms with E-state index in [4.69, 9.17) is 16.3 Å². The van der Waals surface area contributed by atoms with Gasteiger partial charge in [-0.15, -0.1) is 0 Å². The SMILES string of the molecule is CN1CCN(C(CNC(=O)OCc2ccccc2)c2ccccc2Cl)CC1. The number of nitrogens with zero attached hydrogens (tertiary/aromatic N) is 2. The molecule has 0 aromatic heterocycles. The van der Waals surface area contributed by atoms with Crippen molar-refractivity contribution in [3.8, 4) is 0 Å². The summed E-state index contributed by atoms with van der Waals surface area (Å²) >= 11 is 6.44. The molecule has 1 aliphatic heterocycles. The molecule has 0 bridgehead atoms. The maximum absolute atomic E-state index is 12.2. The van der Waals surface area contributed by atoms with E-state index >= 15 is 0 Å². The first-order chi connectivity index (χ1) is 13.1. The minimum absolute atomic E-state index is 0.0247. The van der Waals surface area contributed by atoms with Gasteiger partial charge in [-0.05, 0) is 24.2 Å². The summed E-state index contributed by atoms with van der Waals surface area (Å²) in [5, 5.41) is 3.64. The molecule has 1 unspecified atom stereocenters. The molecule has 1 atom stereocenters. The van der Waals surface area contributed by atoms with Crippen molar-refractivity contribution in [3.05, 3.63) is 70.7 Å². The first-order valence-electron chi connectivity index (χ1n) is 9.25. The molecular weight excluding hydrogens is 362 g/mol. The number of ether oxygens (including phenoxy) is 1. The van der Waals surface area contributed by atoms with Gasteiger partial charge >= 0.3 is 6.09 Å². The van der Waals surface area contributed by atoms with Crippen LogP contribution in [0.5, 0.6) is 0 Å². The van der Waals surface area contributed by atoms with Crippen LogP contribution in [0.15, 0.2) is 54.6 Å². The van der Waals surface area contributed by atoms with Gasteiger partial charge in [0, 0.05) is 37.7 Å². The lowest BCUT2D eigenvalue weighted by atomic mass is 10.0. The molecule has 1 fully saturated rings. The molecule has 0 spiro atoms. The lowest BCUT2D eigenvalue weighted by molar-refractivity contribution is 0.103. The Bertz CT molecular complexity index is 733. The first-order valence-corrected chi connectivity index (χ1v) is 9.63. The standard InChI is InChI=1S/C21H26ClN3O2/c1-24-11-13-25(14-12-24)20(18-9-5-6-10-19(18)22)15-23-21(26)27-16-17-7-3-2-4-8-17/h2-10,20H,11-16H2,1H3,(H,23,26). The van der Waals surface area contributed by atoms with Crippen molar-refractivity contribution in [1.29, 1.82) is 0 Å². The number of carbonyl (C=O) groups is 1. The molecule has 3 rings (SSSR count). The summed E-state index contributed by atoms with van der Waals surface area (Å²) in [6.07, 6.45) is -0.412. The summed E-state index contributed by atoms with van der Waals surface area (Å²) < 4.78 is 5.34. The van der Waals surface area contributed by atoms with Crippen LogP contribution in [-0.4, -0.2) is 55.7 Å². The van der Waals surface area contributed by atoms with Crippen molar-refractivity contribution in [1.82, 2.24) is 15.1 Å². The third kappa shape index (κ3) is 5.70. The Morgan fingerprint density at radius 3 is 2.44 bits per heavy atom. The number of hydrogen-bond acceptors (Lipinski definition) is 4. The molecule has 0 saturated carbocycles. The van der Waals surface area contributed by atoms with E-state index in [9.17, 15) is 4.79 Å². The molecule has 0 radical (unpaired) electrons. The molecule has 5 nitrogen and oxygen atoms in total. The smallest absolute Gasteiger partial charge is 0.407 e. The normalized spacial score (nSPS) is 16.7. The average molecular weight is 388 g/mol. The van der Waals surface area contributed by atoms with Crippen molar-refractivity contribution < 1.29 is 9.53 Å². The third-order valence-electron chi connectivity index (χ3n) is 4.90. The zero-order chi connectivity index (χ0) is 19.1. The number of alkyl carbamates (subject to hydrolysis) is 1. The van der Waals surface area contributed by atoms with E-state index < -0.39 is 6.09 Å². The third-order valence-corrected chi connectivity index (χ3v) is 5.24. The Morgan fingerprint density at radius 2 is 1.74 bits per heavy atom. The fraction of sp³-hybridized carbons (Fsp3) is 0.381. The largest absolute Gasteiger partial charge is 0.445 e. The summed E-state index contributed by atoms with van der Waals surface area (Å²) in [4.78, 5) is 16.9. The summed E-state index contributed by atoms with van der Waals surface area (Å²) in [5.74, 6) is 0. The van der Waals surface area contributed by atoms with Crippen molar-refractivity contribution in [3.63, 3.8) is 0 Å². The summed E-state index contributed by atoms with van der Waals surface area (Å²) in [5.41, 5.74) is 2.00. The van der Waals surface area contributed by atoms with E-state index in [2.05, 4.69) is 22.2 Å². The number of piperazine rings is 1. The number of likely N-dealkylation sites (N-methyl/N-ethyl adjacent to an activating group) is 1. The van der Waals surface area contributed by atoms with Gasteiger partial charge in [0.25, 0.3) is 0 Å². The maximum Gasteiger partial charge on any atom is 0.407 e. The van der Waals surface area contributed by atoms with E-state index in [0.29, 0.717) is 6.54 Å². The Balaban J connectivity index is 1.61. The molecule has 2 aromatic rings. The van der Waals surface area contributed by atoms with E-state index in [-0.39, 0.29) is 12.6 Å². The van der Waals surface area contributed by atoms with E-state index in [1.165, 1.54) is 0 Å². The lowest BCUT2D eigenvalue weighted by Crippen LogP contribution is -2.48. The Morgan fingerprint density at radius 1 is 1.07 bits per heavy atom. The van der Waals surface area contributed by atoms with Crippen LogP contribution < -0.4 is 5.32 Å². The van der Waals surface area contributed by atoms with Crippen LogP contribution >= 0.6 is 11.6 Å². The molecule has 1 amide bonds. The second kappa shape index (κ2) is 9.74. The Kier molecular flexibility index (Phi) is 7.10. The van der Waals surface area contributed by atoms with Gasteiger partial charge in [-0.3, -0.25) is 4.90 Å². The van der Waals surface area contributed by atoms with E-state index in [1.54, 1.807) is 0 Å². The molecule has 2 aromatic carbocycles. The van der Waals surface area contributed by atoms with Crippen LogP contribution in [-0.2, 0) is 11.3 Å². The highest BCUT2D eigenvalue weighted by Crippen LogP contribution is 2.28. The Labute approximate surface area is 165 Å². The van der Waals surface area contributed by atoms with Gasteiger partial charge in [-0.25, -0.2) is 4.79 Å². The molecule has 1 heterocycles. The molecule has 0 aliphatic carbocycles. The molecule has 1 saturated heterocycles. The zero-order valence-corrected chi connectivity index (χ0v) is 16.4. The highest BCUT2D eigenvalue weighted by atomic mass is 35.5. The van der Waals surface area contributed by atoms with E-state index in [0.717, 1.165) is 42.3 Å². The fourth-order valence-electron chi connectivity index (χ4n) is 3.27. The van der Waals surface area contributed by atoms with Crippen molar-refractivity contribution >= 4 is 17.7 Å². The number of benzene rings is 2. The van der Waals surface area contributed by atoms with Crippen molar-refractivity contribution in [2.75, 3.05) is 39.8 Å². The van der Waals surface area contributed by atoms with Crippen LogP contribution in [0.2, 0.25) is 5.02 Å².